The number of carbonyl (C=O) groups excluding carboxylic acids is 1. The molecule has 32 heavy (non-hydrogen) atoms. The minimum Gasteiger partial charge on any atom is -0.406 e. The van der Waals surface area contributed by atoms with Crippen LogP contribution in [-0.4, -0.2) is 18.4 Å². The number of amides is 1. The van der Waals surface area contributed by atoms with Crippen molar-refractivity contribution in [3.05, 3.63) is 57.6 Å². The Morgan fingerprint density at radius 1 is 0.969 bits per heavy atom. The van der Waals surface area contributed by atoms with Gasteiger partial charge in [-0.05, 0) is 66.1 Å². The molecule has 0 saturated heterocycles. The zero-order valence-corrected chi connectivity index (χ0v) is 17.6. The summed E-state index contributed by atoms with van der Waals surface area (Å²) < 4.78 is 82.9. The molecule has 1 aliphatic heterocycles. The summed E-state index contributed by atoms with van der Waals surface area (Å²) in [6.07, 6.45) is -8.52. The van der Waals surface area contributed by atoms with E-state index in [-0.39, 0.29) is 27.2 Å². The quantitative estimate of drug-likeness (QED) is 0.404. The highest BCUT2D eigenvalue weighted by atomic mass is 35.5. The number of rotatable bonds is 2. The summed E-state index contributed by atoms with van der Waals surface area (Å²) in [7, 11) is 0. The number of nitrogens with zero attached hydrogens (tertiary/aromatic N) is 1. The molecule has 1 heterocycles. The number of anilines is 1. The van der Waals surface area contributed by atoms with Gasteiger partial charge in [0.25, 0.3) is 0 Å². The van der Waals surface area contributed by atoms with E-state index in [1.54, 1.807) is 0 Å². The highest BCUT2D eigenvalue weighted by Gasteiger charge is 2.53. The molecule has 1 saturated carbocycles. The second-order valence-corrected chi connectivity index (χ2v) is 8.60. The van der Waals surface area contributed by atoms with Gasteiger partial charge >= 0.3 is 18.4 Å². The van der Waals surface area contributed by atoms with Gasteiger partial charge in [0.15, 0.2) is 0 Å². The first-order valence-corrected chi connectivity index (χ1v) is 10.4. The van der Waals surface area contributed by atoms with Crippen LogP contribution in [0.4, 0.5) is 32.0 Å². The van der Waals surface area contributed by atoms with Gasteiger partial charge in [-0.2, -0.15) is 13.2 Å². The van der Waals surface area contributed by atoms with Gasteiger partial charge in [0, 0.05) is 15.7 Å². The summed E-state index contributed by atoms with van der Waals surface area (Å²) in [6.45, 7) is 0. The molecule has 3 nitrogen and oxygen atoms in total. The third-order valence-corrected chi connectivity index (χ3v) is 6.45. The minimum absolute atomic E-state index is 0.105. The molecule has 1 aliphatic carbocycles. The second kappa shape index (κ2) is 8.02. The Bertz CT molecular complexity index is 1060. The van der Waals surface area contributed by atoms with Gasteiger partial charge in [-0.15, -0.1) is 13.2 Å². The molecule has 3 atom stereocenters. The van der Waals surface area contributed by atoms with Crippen molar-refractivity contribution in [2.45, 2.75) is 43.8 Å². The Kier molecular flexibility index (Phi) is 5.78. The number of benzene rings is 2. The zero-order chi connectivity index (χ0) is 23.4. The molecule has 4 rings (SSSR count). The normalized spacial score (nSPS) is 23.0. The predicted octanol–water partition coefficient (Wildman–Crippen LogP) is 7.43. The van der Waals surface area contributed by atoms with E-state index in [1.165, 1.54) is 18.2 Å². The van der Waals surface area contributed by atoms with Crippen molar-refractivity contribution in [1.29, 1.82) is 0 Å². The molecule has 11 heteroatoms. The largest absolute Gasteiger partial charge is 0.573 e. The lowest BCUT2D eigenvalue weighted by atomic mass is 9.75. The van der Waals surface area contributed by atoms with E-state index in [4.69, 9.17) is 23.2 Å². The first kappa shape index (κ1) is 23.0. The SMILES string of the molecule is O=C(N1c2ccc(OC(F)(F)F)cc2C2CCCC2C1c1ccc(Cl)cc1Cl)C(F)(F)F. The Labute approximate surface area is 188 Å². The van der Waals surface area contributed by atoms with Gasteiger partial charge in [-0.1, -0.05) is 35.7 Å². The fourth-order valence-electron chi connectivity index (χ4n) is 4.82. The molecule has 0 spiro atoms. The van der Waals surface area contributed by atoms with Crippen molar-refractivity contribution in [1.82, 2.24) is 0 Å². The molecular weight excluding hydrogens is 483 g/mol. The number of fused-ring (bicyclic) bond motifs is 3. The van der Waals surface area contributed by atoms with Gasteiger partial charge in [0.05, 0.1) is 6.04 Å². The second-order valence-electron chi connectivity index (χ2n) is 7.75. The molecule has 3 unspecified atom stereocenters. The van der Waals surface area contributed by atoms with E-state index in [2.05, 4.69) is 4.74 Å². The van der Waals surface area contributed by atoms with E-state index >= 15 is 0 Å². The lowest BCUT2D eigenvalue weighted by molar-refractivity contribution is -0.274. The van der Waals surface area contributed by atoms with Crippen molar-refractivity contribution in [2.75, 3.05) is 4.90 Å². The van der Waals surface area contributed by atoms with E-state index in [0.717, 1.165) is 18.2 Å². The summed E-state index contributed by atoms with van der Waals surface area (Å²) in [5.74, 6) is -3.52. The van der Waals surface area contributed by atoms with Crippen molar-refractivity contribution >= 4 is 34.8 Å². The number of hydrogen-bond acceptors (Lipinski definition) is 2. The van der Waals surface area contributed by atoms with Crippen LogP contribution >= 0.6 is 23.2 Å². The lowest BCUT2D eigenvalue weighted by Crippen LogP contribution is -2.49. The maximum atomic E-state index is 13.6. The Morgan fingerprint density at radius 2 is 1.69 bits per heavy atom. The van der Waals surface area contributed by atoms with Crippen LogP contribution in [0.2, 0.25) is 10.0 Å². The zero-order valence-electron chi connectivity index (χ0n) is 16.1. The number of halogens is 8. The number of hydrogen-bond donors (Lipinski definition) is 0. The van der Waals surface area contributed by atoms with Gasteiger partial charge in [-0.3, -0.25) is 9.69 Å². The summed E-state index contributed by atoms with van der Waals surface area (Å²) in [4.78, 5) is 13.2. The molecule has 1 amide bonds. The molecule has 0 bridgehead atoms. The summed E-state index contributed by atoms with van der Waals surface area (Å²) in [5.41, 5.74) is 0.404. The molecule has 2 aromatic carbocycles. The van der Waals surface area contributed by atoms with Crippen LogP contribution in [0.1, 0.15) is 42.3 Å². The lowest BCUT2D eigenvalue weighted by Gasteiger charge is -2.45. The van der Waals surface area contributed by atoms with Gasteiger partial charge in [0.2, 0.25) is 0 Å². The van der Waals surface area contributed by atoms with E-state index < -0.39 is 36.2 Å². The van der Waals surface area contributed by atoms with Crippen LogP contribution < -0.4 is 9.64 Å². The van der Waals surface area contributed by atoms with Crippen LogP contribution in [-0.2, 0) is 4.79 Å². The van der Waals surface area contributed by atoms with Gasteiger partial charge < -0.3 is 4.74 Å². The molecule has 0 aromatic heterocycles. The van der Waals surface area contributed by atoms with E-state index in [0.29, 0.717) is 29.7 Å². The maximum absolute atomic E-state index is 13.6. The topological polar surface area (TPSA) is 29.5 Å². The number of alkyl halides is 6. The Balaban J connectivity index is 1.91. The summed E-state index contributed by atoms with van der Waals surface area (Å²) in [5, 5.41) is 0.383. The number of carbonyl (C=O) groups is 1. The third-order valence-electron chi connectivity index (χ3n) is 5.89. The van der Waals surface area contributed by atoms with Crippen LogP contribution in [0, 0.1) is 5.92 Å². The molecule has 2 aliphatic rings. The molecule has 172 valence electrons. The van der Waals surface area contributed by atoms with Crippen LogP contribution in [0.15, 0.2) is 36.4 Å². The predicted molar refractivity (Wildman–Crippen MR) is 106 cm³/mol. The van der Waals surface area contributed by atoms with Crippen molar-refractivity contribution in [3.63, 3.8) is 0 Å². The fourth-order valence-corrected chi connectivity index (χ4v) is 5.34. The molecule has 0 radical (unpaired) electrons. The Hall–Kier alpha value is -2.13. The fraction of sp³-hybridized carbons (Fsp3) is 0.381. The highest BCUT2D eigenvalue weighted by molar-refractivity contribution is 6.35. The molecule has 1 fully saturated rings. The summed E-state index contributed by atoms with van der Waals surface area (Å²) in [6, 6.07) is 6.32. The summed E-state index contributed by atoms with van der Waals surface area (Å²) >= 11 is 12.3. The highest BCUT2D eigenvalue weighted by Crippen LogP contribution is 2.57. The van der Waals surface area contributed by atoms with Gasteiger partial charge in [0.1, 0.15) is 5.75 Å². The standard InChI is InChI=1S/C21H15Cl2F6NO2/c22-10-4-6-14(16(23)8-10)18-13-3-1-2-12(13)15-9-11(32-21(27,28)29)5-7-17(15)30(18)19(31)20(24,25)26/h4-9,12-13,18H,1-3H2. The van der Waals surface area contributed by atoms with Crippen molar-refractivity contribution < 1.29 is 35.9 Å². The first-order chi connectivity index (χ1) is 14.9. The minimum atomic E-state index is -5.21. The van der Waals surface area contributed by atoms with Gasteiger partial charge in [-0.25, -0.2) is 0 Å². The molecule has 2 aromatic rings. The smallest absolute Gasteiger partial charge is 0.406 e. The first-order valence-electron chi connectivity index (χ1n) is 9.62. The van der Waals surface area contributed by atoms with E-state index in [1.807, 2.05) is 0 Å². The molecule has 0 N–H and O–H groups in total. The molecular formula is C21H15Cl2F6NO2. The van der Waals surface area contributed by atoms with Crippen molar-refractivity contribution in [2.24, 2.45) is 5.92 Å². The van der Waals surface area contributed by atoms with Crippen LogP contribution in [0.3, 0.4) is 0 Å². The average molecular weight is 498 g/mol. The average Bonchev–Trinajstić information content (AvgIpc) is 3.15. The van der Waals surface area contributed by atoms with E-state index in [9.17, 15) is 31.1 Å². The maximum Gasteiger partial charge on any atom is 0.573 e. The van der Waals surface area contributed by atoms with Crippen LogP contribution in [0.25, 0.3) is 0 Å². The van der Waals surface area contributed by atoms with Crippen molar-refractivity contribution in [3.8, 4) is 5.75 Å². The number of ether oxygens (including phenoxy) is 1. The monoisotopic (exact) mass is 497 g/mol. The van der Waals surface area contributed by atoms with Crippen LogP contribution in [0.5, 0.6) is 5.75 Å². The third kappa shape index (κ3) is 4.24. The Morgan fingerprint density at radius 3 is 2.31 bits per heavy atom.